The number of imidazole rings is 1. The van der Waals surface area contributed by atoms with Crippen LogP contribution in [0.1, 0.15) is 5.56 Å². The Morgan fingerprint density at radius 1 is 1.07 bits per heavy atom. The first-order chi connectivity index (χ1) is 13.2. The van der Waals surface area contributed by atoms with Crippen LogP contribution in [-0.4, -0.2) is 17.8 Å². The fourth-order valence-corrected chi connectivity index (χ4v) is 4.46. The Hall–Kier alpha value is -2.85. The van der Waals surface area contributed by atoms with Gasteiger partial charge in [-0.15, -0.1) is 11.3 Å². The SMILES string of the molecule is O=S(=O)(Nc1cccc(-c2cn3ccsc3n2)c1)c1cccc(C(F)(F)F)c1. The van der Waals surface area contributed by atoms with Gasteiger partial charge >= 0.3 is 6.18 Å². The van der Waals surface area contributed by atoms with Gasteiger partial charge in [-0.1, -0.05) is 18.2 Å². The summed E-state index contributed by atoms with van der Waals surface area (Å²) in [6, 6.07) is 10.1. The number of nitrogens with one attached hydrogen (secondary N) is 1. The average molecular weight is 423 g/mol. The van der Waals surface area contributed by atoms with Crippen LogP contribution >= 0.6 is 11.3 Å². The second-order valence-electron chi connectivity index (χ2n) is 5.93. The minimum absolute atomic E-state index is 0.228. The maximum atomic E-state index is 12.9. The molecule has 0 aliphatic carbocycles. The summed E-state index contributed by atoms with van der Waals surface area (Å²) in [5.74, 6) is 0. The van der Waals surface area contributed by atoms with Gasteiger partial charge in [0, 0.05) is 29.0 Å². The van der Waals surface area contributed by atoms with Crippen molar-refractivity contribution in [1.29, 1.82) is 0 Å². The molecule has 1 N–H and O–H groups in total. The predicted molar refractivity (Wildman–Crippen MR) is 101 cm³/mol. The lowest BCUT2D eigenvalue weighted by molar-refractivity contribution is -0.137. The van der Waals surface area contributed by atoms with Crippen LogP contribution in [0.2, 0.25) is 0 Å². The summed E-state index contributed by atoms with van der Waals surface area (Å²) in [4.78, 5) is 4.79. The van der Waals surface area contributed by atoms with Gasteiger partial charge in [0.1, 0.15) is 0 Å². The number of sulfonamides is 1. The molecule has 0 spiro atoms. The summed E-state index contributed by atoms with van der Waals surface area (Å²) in [7, 11) is -4.18. The molecular weight excluding hydrogens is 411 g/mol. The lowest BCUT2D eigenvalue weighted by Crippen LogP contribution is -2.14. The summed E-state index contributed by atoms with van der Waals surface area (Å²) in [6.45, 7) is 0. The van der Waals surface area contributed by atoms with Crippen LogP contribution in [0.5, 0.6) is 0 Å². The number of halogens is 3. The molecule has 144 valence electrons. The lowest BCUT2D eigenvalue weighted by Gasteiger charge is -2.11. The van der Waals surface area contributed by atoms with E-state index < -0.39 is 26.7 Å². The van der Waals surface area contributed by atoms with Crippen molar-refractivity contribution in [2.45, 2.75) is 11.1 Å². The molecule has 0 atom stereocenters. The largest absolute Gasteiger partial charge is 0.416 e. The van der Waals surface area contributed by atoms with E-state index in [-0.39, 0.29) is 5.69 Å². The van der Waals surface area contributed by atoms with E-state index in [0.29, 0.717) is 17.3 Å². The minimum Gasteiger partial charge on any atom is -0.297 e. The summed E-state index contributed by atoms with van der Waals surface area (Å²) >= 11 is 1.47. The van der Waals surface area contributed by atoms with Crippen molar-refractivity contribution in [3.63, 3.8) is 0 Å². The van der Waals surface area contributed by atoms with E-state index in [4.69, 9.17) is 0 Å². The van der Waals surface area contributed by atoms with E-state index in [2.05, 4.69) is 9.71 Å². The number of anilines is 1. The van der Waals surface area contributed by atoms with Gasteiger partial charge in [0.05, 0.1) is 16.2 Å². The zero-order valence-corrected chi connectivity index (χ0v) is 15.6. The number of thiazole rings is 1. The number of aromatic nitrogens is 2. The summed E-state index contributed by atoms with van der Waals surface area (Å²) in [6.07, 6.45) is -0.956. The van der Waals surface area contributed by atoms with E-state index >= 15 is 0 Å². The number of benzene rings is 2. The Bertz CT molecular complexity index is 1230. The zero-order chi connectivity index (χ0) is 19.9. The Morgan fingerprint density at radius 3 is 2.61 bits per heavy atom. The number of nitrogens with zero attached hydrogens (tertiary/aromatic N) is 2. The fourth-order valence-electron chi connectivity index (χ4n) is 2.66. The van der Waals surface area contributed by atoms with Gasteiger partial charge in [-0.25, -0.2) is 13.4 Å². The fraction of sp³-hybridized carbons (Fsp3) is 0.0556. The number of alkyl halides is 3. The van der Waals surface area contributed by atoms with E-state index in [1.807, 2.05) is 22.2 Å². The Balaban J connectivity index is 1.64. The molecule has 28 heavy (non-hydrogen) atoms. The first-order valence-electron chi connectivity index (χ1n) is 7.95. The molecule has 0 saturated heterocycles. The van der Waals surface area contributed by atoms with Crippen LogP contribution in [0.4, 0.5) is 18.9 Å². The molecular formula is C18H12F3N3O2S2. The first-order valence-corrected chi connectivity index (χ1v) is 10.3. The van der Waals surface area contributed by atoms with Crippen LogP contribution in [0.3, 0.4) is 0 Å². The minimum atomic E-state index is -4.63. The number of rotatable bonds is 4. The summed E-state index contributed by atoms with van der Waals surface area (Å²) < 4.78 is 67.8. The Morgan fingerprint density at radius 2 is 1.86 bits per heavy atom. The van der Waals surface area contributed by atoms with Crippen LogP contribution in [0.15, 0.2) is 71.2 Å². The first kappa shape index (κ1) is 18.5. The third kappa shape index (κ3) is 3.60. The van der Waals surface area contributed by atoms with E-state index in [9.17, 15) is 21.6 Å². The third-order valence-electron chi connectivity index (χ3n) is 3.98. The van der Waals surface area contributed by atoms with Crippen LogP contribution in [-0.2, 0) is 16.2 Å². The highest BCUT2D eigenvalue weighted by molar-refractivity contribution is 7.92. The second-order valence-corrected chi connectivity index (χ2v) is 8.49. The van der Waals surface area contributed by atoms with Gasteiger partial charge in [0.25, 0.3) is 10.0 Å². The van der Waals surface area contributed by atoms with E-state index in [1.54, 1.807) is 18.2 Å². The highest BCUT2D eigenvalue weighted by Crippen LogP contribution is 2.31. The molecule has 0 unspecified atom stereocenters. The molecule has 10 heteroatoms. The molecule has 4 rings (SSSR count). The third-order valence-corrected chi connectivity index (χ3v) is 6.13. The number of hydrogen-bond acceptors (Lipinski definition) is 4. The maximum Gasteiger partial charge on any atom is 0.416 e. The van der Waals surface area contributed by atoms with E-state index in [0.717, 1.165) is 23.2 Å². The molecule has 0 radical (unpaired) electrons. The van der Waals surface area contributed by atoms with Crippen molar-refractivity contribution in [1.82, 2.24) is 9.38 Å². The molecule has 0 aliphatic heterocycles. The van der Waals surface area contributed by atoms with E-state index in [1.165, 1.54) is 17.4 Å². The molecule has 0 fully saturated rings. The highest BCUT2D eigenvalue weighted by Gasteiger charge is 2.31. The highest BCUT2D eigenvalue weighted by atomic mass is 32.2. The maximum absolute atomic E-state index is 12.9. The Labute approximate surface area is 162 Å². The molecule has 4 aromatic rings. The second kappa shape index (κ2) is 6.64. The van der Waals surface area contributed by atoms with Crippen molar-refractivity contribution in [3.05, 3.63) is 71.9 Å². The van der Waals surface area contributed by atoms with Crippen LogP contribution in [0.25, 0.3) is 16.2 Å². The predicted octanol–water partition coefficient (Wildman–Crippen LogP) is 4.88. The standard InChI is InChI=1S/C18H12F3N3O2S2/c19-18(20,21)13-4-2-6-15(10-13)28(25,26)23-14-5-1-3-12(9-14)16-11-24-7-8-27-17(24)22-16/h1-11,23H. The van der Waals surface area contributed by atoms with Gasteiger partial charge in [0.15, 0.2) is 4.96 Å². The van der Waals surface area contributed by atoms with Crippen molar-refractivity contribution < 1.29 is 21.6 Å². The van der Waals surface area contributed by atoms with Gasteiger partial charge in [-0.2, -0.15) is 13.2 Å². The quantitative estimate of drug-likeness (QED) is 0.509. The molecule has 0 bridgehead atoms. The smallest absolute Gasteiger partial charge is 0.297 e. The lowest BCUT2D eigenvalue weighted by atomic mass is 10.1. The van der Waals surface area contributed by atoms with Gasteiger partial charge in [0.2, 0.25) is 0 Å². The molecule has 0 aliphatic rings. The topological polar surface area (TPSA) is 63.5 Å². The summed E-state index contributed by atoms with van der Waals surface area (Å²) in [5.41, 5.74) is 0.542. The van der Waals surface area contributed by atoms with Crippen molar-refractivity contribution in [2.24, 2.45) is 0 Å². The molecule has 0 saturated carbocycles. The van der Waals surface area contributed by atoms with Gasteiger partial charge in [-0.3, -0.25) is 9.12 Å². The van der Waals surface area contributed by atoms with Crippen molar-refractivity contribution in [2.75, 3.05) is 4.72 Å². The molecule has 2 heterocycles. The van der Waals surface area contributed by atoms with Crippen molar-refractivity contribution >= 4 is 32.0 Å². The molecule has 2 aromatic heterocycles. The number of hydrogen-bond donors (Lipinski definition) is 1. The molecule has 0 amide bonds. The van der Waals surface area contributed by atoms with Crippen LogP contribution in [0, 0.1) is 0 Å². The Kier molecular flexibility index (Phi) is 4.39. The van der Waals surface area contributed by atoms with Gasteiger partial charge < -0.3 is 0 Å². The summed E-state index contributed by atoms with van der Waals surface area (Å²) in [5, 5.41) is 1.89. The van der Waals surface area contributed by atoms with Gasteiger partial charge in [-0.05, 0) is 30.3 Å². The van der Waals surface area contributed by atoms with Crippen LogP contribution < -0.4 is 4.72 Å². The molecule has 2 aromatic carbocycles. The normalized spacial score (nSPS) is 12.4. The molecule has 5 nitrogen and oxygen atoms in total. The van der Waals surface area contributed by atoms with Crippen molar-refractivity contribution in [3.8, 4) is 11.3 Å². The average Bonchev–Trinajstić information content (AvgIpc) is 3.23. The number of fused-ring (bicyclic) bond motifs is 1. The zero-order valence-electron chi connectivity index (χ0n) is 14.0. The monoisotopic (exact) mass is 423 g/mol.